The molecule has 8 rings (SSSR count). The first-order chi connectivity index (χ1) is 36.2. The summed E-state index contributed by atoms with van der Waals surface area (Å²) in [6.07, 6.45) is -5.52. The molecule has 0 radical (unpaired) electrons. The van der Waals surface area contributed by atoms with Crippen LogP contribution in [0.25, 0.3) is 22.3 Å². The largest absolute Gasteiger partial charge is 0.573 e. The smallest absolute Gasteiger partial charge is 0.425 e. The molecule has 0 aliphatic carbocycles. The van der Waals surface area contributed by atoms with Crippen molar-refractivity contribution in [1.82, 2.24) is 37.8 Å². The van der Waals surface area contributed by atoms with Gasteiger partial charge in [-0.25, -0.2) is 9.59 Å². The monoisotopic (exact) mass is 1140 g/mol. The number of H-pyrrole nitrogens is 1. The van der Waals surface area contributed by atoms with Gasteiger partial charge in [-0.2, -0.15) is 18.4 Å². The summed E-state index contributed by atoms with van der Waals surface area (Å²) in [6, 6.07) is 23.3. The van der Waals surface area contributed by atoms with Gasteiger partial charge < -0.3 is 18.9 Å². The van der Waals surface area contributed by atoms with Crippen LogP contribution < -0.4 is 41.4 Å². The molecule has 0 spiro atoms. The number of aromatic nitrogens is 8. The van der Waals surface area contributed by atoms with Crippen LogP contribution in [-0.2, 0) is 48.0 Å². The Bertz CT molecular complexity index is 3710. The van der Waals surface area contributed by atoms with Gasteiger partial charge in [-0.3, -0.25) is 41.6 Å². The molecule has 4 heterocycles. The van der Waals surface area contributed by atoms with E-state index in [1.807, 2.05) is 13.8 Å². The van der Waals surface area contributed by atoms with Crippen molar-refractivity contribution in [3.63, 3.8) is 0 Å². The number of rotatable bonds is 17. The van der Waals surface area contributed by atoms with Gasteiger partial charge in [-0.1, -0.05) is 86.3 Å². The van der Waals surface area contributed by atoms with Crippen LogP contribution >= 0.6 is 23.2 Å². The lowest BCUT2D eigenvalue weighted by atomic mass is 10.2. The number of alkyl halides is 6. The molecule has 4 aromatic heterocycles. The van der Waals surface area contributed by atoms with E-state index in [0.29, 0.717) is 23.1 Å². The van der Waals surface area contributed by atoms with E-state index in [-0.39, 0.29) is 65.5 Å². The quantitative estimate of drug-likeness (QED) is 0.0511. The number of imidazole rings is 2. The molecule has 0 unspecified atom stereocenters. The van der Waals surface area contributed by atoms with E-state index < -0.39 is 56.8 Å². The number of hydrogen-bond donors (Lipinski definition) is 1. The van der Waals surface area contributed by atoms with Crippen LogP contribution in [0.2, 0.25) is 10.0 Å². The number of halogens is 8. The zero-order valence-electron chi connectivity index (χ0n) is 41.4. The van der Waals surface area contributed by atoms with Gasteiger partial charge in [0.25, 0.3) is 21.2 Å². The van der Waals surface area contributed by atoms with Gasteiger partial charge in [-0.05, 0) is 72.5 Å². The average Bonchev–Trinajstić information content (AvgIpc) is 3.96. The molecule has 412 valence electrons. The maximum absolute atomic E-state index is 13.4. The van der Waals surface area contributed by atoms with Gasteiger partial charge in [0.15, 0.2) is 22.3 Å². The standard InChI is InChI=1S/C24H22ClF3N4O4.C20H14ClF3N4O4.C5H12O3S/c1-3-4-12-31-21(33)19-20(30(2)23(31)34)29-22(32(19)14-15-8-10-16(25)11-9-15)35-17-6-5-7-18(13-17)36-24(26,27)28;1-27-16-15(17(29)26-18(27)30)28(10-11-5-7-12(21)8-6-11)19(25-16)31-13-3-2-4-14(9-13)32-20(22,23)24;1-3-4-5-8-9(2,6)7/h5-11,13H,3-4,12,14H2,1-2H3;2-9H,10H2,1H3,(H,26,29,30);3-5H2,1-2H3. The second-order valence-corrected chi connectivity index (χ2v) is 19.2. The third kappa shape index (κ3) is 16.2. The predicted molar refractivity (Wildman–Crippen MR) is 273 cm³/mol. The summed E-state index contributed by atoms with van der Waals surface area (Å²) in [5, 5.41) is 1.04. The highest BCUT2D eigenvalue weighted by atomic mass is 35.5. The maximum atomic E-state index is 13.4. The van der Waals surface area contributed by atoms with Crippen LogP contribution in [0, 0.1) is 0 Å². The Hall–Kier alpha value is -7.55. The minimum Gasteiger partial charge on any atom is -0.425 e. The van der Waals surface area contributed by atoms with Crippen LogP contribution in [0.5, 0.6) is 35.0 Å². The predicted octanol–water partition coefficient (Wildman–Crippen LogP) is 9.67. The maximum Gasteiger partial charge on any atom is 0.573 e. The second-order valence-electron chi connectivity index (χ2n) is 16.7. The van der Waals surface area contributed by atoms with Crippen molar-refractivity contribution in [3.8, 4) is 35.0 Å². The molecule has 8 aromatic rings. The number of benzene rings is 4. The van der Waals surface area contributed by atoms with Crippen molar-refractivity contribution in [2.75, 3.05) is 12.9 Å². The van der Waals surface area contributed by atoms with Crippen molar-refractivity contribution >= 4 is 55.6 Å². The van der Waals surface area contributed by atoms with Crippen molar-refractivity contribution in [2.24, 2.45) is 14.1 Å². The average molecular weight is 1140 g/mol. The molecule has 0 fully saturated rings. The summed E-state index contributed by atoms with van der Waals surface area (Å²) in [7, 11) is -0.284. The molecule has 0 aliphatic rings. The lowest BCUT2D eigenvalue weighted by Gasteiger charge is -2.12. The summed E-state index contributed by atoms with van der Waals surface area (Å²) in [6.45, 7) is 4.71. The summed E-state index contributed by atoms with van der Waals surface area (Å²) in [4.78, 5) is 61.6. The minimum atomic E-state index is -4.87. The Labute approximate surface area is 443 Å². The van der Waals surface area contributed by atoms with Crippen molar-refractivity contribution in [3.05, 3.63) is 160 Å². The highest BCUT2D eigenvalue weighted by Crippen LogP contribution is 2.32. The number of nitrogens with one attached hydrogen (secondary N) is 1. The van der Waals surface area contributed by atoms with Gasteiger partial charge in [0.2, 0.25) is 0 Å². The molecular formula is C49H48Cl2F6N8O11S. The molecule has 19 nitrogen and oxygen atoms in total. The number of ether oxygens (including phenoxy) is 4. The summed E-state index contributed by atoms with van der Waals surface area (Å²) in [5.41, 5.74) is -0.613. The molecule has 0 saturated carbocycles. The molecule has 0 atom stereocenters. The van der Waals surface area contributed by atoms with E-state index in [9.17, 15) is 53.9 Å². The highest BCUT2D eigenvalue weighted by molar-refractivity contribution is 7.85. The summed E-state index contributed by atoms with van der Waals surface area (Å²) >= 11 is 11.9. The number of fused-ring (bicyclic) bond motifs is 2. The van der Waals surface area contributed by atoms with Gasteiger partial charge in [0, 0.05) is 42.8 Å². The summed E-state index contributed by atoms with van der Waals surface area (Å²) < 4.78 is 126. The Morgan fingerprint density at radius 3 is 1.49 bits per heavy atom. The van der Waals surface area contributed by atoms with E-state index in [2.05, 4.69) is 28.6 Å². The number of hydrogen-bond acceptors (Lipinski definition) is 13. The summed E-state index contributed by atoms with van der Waals surface area (Å²) in [5.74, 6) is -0.975. The fourth-order valence-corrected chi connectivity index (χ4v) is 7.78. The topological polar surface area (TPSA) is 215 Å². The third-order valence-corrected chi connectivity index (χ3v) is 11.8. The third-order valence-electron chi connectivity index (χ3n) is 10.7. The molecule has 1 N–H and O–H groups in total. The van der Waals surface area contributed by atoms with Crippen LogP contribution in [0.15, 0.2) is 116 Å². The normalized spacial score (nSPS) is 11.7. The van der Waals surface area contributed by atoms with E-state index in [0.717, 1.165) is 70.0 Å². The molecule has 0 amide bonds. The Morgan fingerprint density at radius 2 is 1.05 bits per heavy atom. The van der Waals surface area contributed by atoms with Crippen molar-refractivity contribution < 1.29 is 57.9 Å². The van der Waals surface area contributed by atoms with Gasteiger partial charge >= 0.3 is 36.1 Å². The van der Waals surface area contributed by atoms with Crippen LogP contribution in [0.1, 0.15) is 50.7 Å². The Balaban J connectivity index is 0.000000216. The highest BCUT2D eigenvalue weighted by Gasteiger charge is 2.32. The van der Waals surface area contributed by atoms with E-state index in [4.69, 9.17) is 32.7 Å². The Kier molecular flexibility index (Phi) is 19.1. The van der Waals surface area contributed by atoms with Crippen LogP contribution in [0.3, 0.4) is 0 Å². The van der Waals surface area contributed by atoms with E-state index >= 15 is 0 Å². The molecular weight excluding hydrogens is 1090 g/mol. The number of unbranched alkanes of at least 4 members (excludes halogenated alkanes) is 2. The van der Waals surface area contributed by atoms with Gasteiger partial charge in [0.05, 0.1) is 26.0 Å². The molecule has 4 aromatic carbocycles. The molecule has 28 heteroatoms. The van der Waals surface area contributed by atoms with E-state index in [1.165, 1.54) is 52.1 Å². The zero-order chi connectivity index (χ0) is 56.4. The minimum absolute atomic E-state index is 0.000667. The number of aryl methyl sites for hydroxylation is 2. The molecule has 0 aliphatic heterocycles. The molecule has 77 heavy (non-hydrogen) atoms. The fourth-order valence-electron chi connectivity index (χ4n) is 7.11. The van der Waals surface area contributed by atoms with Crippen molar-refractivity contribution in [1.29, 1.82) is 0 Å². The SMILES string of the molecule is CCCCOS(C)(=O)=O.CCCCn1c(=O)c2c(nc(Oc3cccc(OC(F)(F)F)c3)n2Cc2ccc(Cl)cc2)n(C)c1=O.Cn1c(=O)[nH]c(=O)c2c1nc(Oc1cccc(OC(F)(F)F)c1)n2Cc1ccc(Cl)cc1. The molecule has 0 bridgehead atoms. The molecule has 0 saturated heterocycles. The lowest BCUT2D eigenvalue weighted by molar-refractivity contribution is -0.275. The van der Waals surface area contributed by atoms with Crippen LogP contribution in [0.4, 0.5) is 26.3 Å². The Morgan fingerprint density at radius 1 is 0.610 bits per heavy atom. The number of aromatic amines is 1. The second kappa shape index (κ2) is 25.1. The first-order valence-electron chi connectivity index (χ1n) is 23.0. The van der Waals surface area contributed by atoms with Gasteiger partial charge in [0.1, 0.15) is 23.0 Å². The first kappa shape index (κ1) is 58.7. The van der Waals surface area contributed by atoms with E-state index in [1.54, 1.807) is 48.5 Å². The lowest BCUT2D eigenvalue weighted by Crippen LogP contribution is -2.39. The van der Waals surface area contributed by atoms with Gasteiger partial charge in [-0.15, -0.1) is 26.3 Å². The fraction of sp³-hybridized carbons (Fsp3) is 0.306. The zero-order valence-corrected chi connectivity index (χ0v) is 43.8. The number of nitrogens with zero attached hydrogens (tertiary/aromatic N) is 7. The van der Waals surface area contributed by atoms with Crippen LogP contribution in [-0.4, -0.2) is 71.8 Å². The first-order valence-corrected chi connectivity index (χ1v) is 25.6. The van der Waals surface area contributed by atoms with Crippen molar-refractivity contribution in [2.45, 2.75) is 71.9 Å².